The number of hydrogen-bond donors (Lipinski definition) is 3. The molecule has 0 aromatic heterocycles. The van der Waals surface area contributed by atoms with E-state index in [9.17, 15) is 27.9 Å². The zero-order valence-corrected chi connectivity index (χ0v) is 12.2. The number of carbonyl (C=O) groups excluding carboxylic acids is 2. The summed E-state index contributed by atoms with van der Waals surface area (Å²) in [4.78, 5) is 22.7. The molecule has 126 valence electrons. The maximum atomic E-state index is 12.1. The minimum atomic E-state index is -4.92. The molecule has 0 saturated carbocycles. The Labute approximate surface area is 135 Å². The Hall–Kier alpha value is -3.03. The van der Waals surface area contributed by atoms with Crippen LogP contribution in [0.2, 0.25) is 0 Å². The number of anilines is 1. The monoisotopic (exact) mass is 338 g/mol. The molecule has 0 atom stereocenters. The molecule has 2 amide bonds. The van der Waals surface area contributed by atoms with Gasteiger partial charge in [-0.05, 0) is 35.9 Å². The van der Waals surface area contributed by atoms with Gasteiger partial charge in [0.05, 0.1) is 0 Å². The summed E-state index contributed by atoms with van der Waals surface area (Å²) in [6, 6.07) is 11.7. The van der Waals surface area contributed by atoms with Crippen LogP contribution in [0.5, 0.6) is 5.75 Å². The first-order valence-corrected chi connectivity index (χ1v) is 6.80. The van der Waals surface area contributed by atoms with Crippen LogP contribution in [0.3, 0.4) is 0 Å². The Morgan fingerprint density at radius 2 is 1.71 bits per heavy atom. The first-order chi connectivity index (χ1) is 11.3. The third-order valence-electron chi connectivity index (χ3n) is 3.03. The van der Waals surface area contributed by atoms with E-state index in [1.165, 1.54) is 48.5 Å². The second-order valence-corrected chi connectivity index (χ2v) is 4.88. The van der Waals surface area contributed by atoms with Crippen molar-refractivity contribution < 1.29 is 27.9 Å². The number of benzene rings is 2. The standard InChI is InChI=1S/C16H13F3N2O3/c17-16(18,19)15(24)20-9-10-4-6-12(7-5-10)21-14(23)11-2-1-3-13(22)8-11/h1-8,22H,9H2,(H,20,24)(H,21,23). The van der Waals surface area contributed by atoms with E-state index in [0.717, 1.165) is 0 Å². The summed E-state index contributed by atoms with van der Waals surface area (Å²) in [6.07, 6.45) is -4.92. The Morgan fingerprint density at radius 3 is 2.29 bits per heavy atom. The Balaban J connectivity index is 1.95. The Bertz CT molecular complexity index is 743. The van der Waals surface area contributed by atoms with Crippen molar-refractivity contribution in [3.63, 3.8) is 0 Å². The van der Waals surface area contributed by atoms with Gasteiger partial charge in [0.2, 0.25) is 0 Å². The van der Waals surface area contributed by atoms with Gasteiger partial charge in [0.1, 0.15) is 5.75 Å². The summed E-state index contributed by atoms with van der Waals surface area (Å²) >= 11 is 0. The van der Waals surface area contributed by atoms with E-state index < -0.39 is 18.0 Å². The van der Waals surface area contributed by atoms with Crippen LogP contribution in [0, 0.1) is 0 Å². The molecule has 0 saturated heterocycles. The highest BCUT2D eigenvalue weighted by Gasteiger charge is 2.38. The molecule has 5 nitrogen and oxygen atoms in total. The molecule has 2 aromatic carbocycles. The number of carbonyl (C=O) groups is 2. The maximum Gasteiger partial charge on any atom is 0.471 e. The van der Waals surface area contributed by atoms with Gasteiger partial charge in [-0.3, -0.25) is 9.59 Å². The summed E-state index contributed by atoms with van der Waals surface area (Å²) in [5.74, 6) is -2.49. The molecule has 0 radical (unpaired) electrons. The van der Waals surface area contributed by atoms with Gasteiger partial charge in [0, 0.05) is 17.8 Å². The quantitative estimate of drug-likeness (QED) is 0.802. The second-order valence-electron chi connectivity index (χ2n) is 4.88. The number of rotatable bonds is 4. The minimum absolute atomic E-state index is 0.0431. The van der Waals surface area contributed by atoms with Crippen LogP contribution in [0.15, 0.2) is 48.5 Å². The number of nitrogens with one attached hydrogen (secondary N) is 2. The van der Waals surface area contributed by atoms with Crippen LogP contribution in [-0.2, 0) is 11.3 Å². The zero-order valence-electron chi connectivity index (χ0n) is 12.2. The predicted octanol–water partition coefficient (Wildman–Crippen LogP) is 2.82. The molecule has 0 fully saturated rings. The molecular weight excluding hydrogens is 325 g/mol. The number of halogens is 3. The lowest BCUT2D eigenvalue weighted by atomic mass is 10.1. The lowest BCUT2D eigenvalue weighted by Gasteiger charge is -2.09. The number of phenolic OH excluding ortho intramolecular Hbond substituents is 1. The fraction of sp³-hybridized carbons (Fsp3) is 0.125. The molecule has 2 rings (SSSR count). The topological polar surface area (TPSA) is 78.4 Å². The van der Waals surface area contributed by atoms with Crippen molar-refractivity contribution in [2.45, 2.75) is 12.7 Å². The molecule has 0 aliphatic heterocycles. The first kappa shape index (κ1) is 17.3. The van der Waals surface area contributed by atoms with Crippen molar-refractivity contribution in [1.29, 1.82) is 0 Å². The van der Waals surface area contributed by atoms with E-state index in [4.69, 9.17) is 0 Å². The van der Waals surface area contributed by atoms with E-state index in [1.807, 2.05) is 0 Å². The van der Waals surface area contributed by atoms with Crippen molar-refractivity contribution in [3.05, 3.63) is 59.7 Å². The lowest BCUT2D eigenvalue weighted by Crippen LogP contribution is -2.36. The normalized spacial score (nSPS) is 11.0. The zero-order chi connectivity index (χ0) is 17.7. The second kappa shape index (κ2) is 7.03. The van der Waals surface area contributed by atoms with Crippen LogP contribution in [0.4, 0.5) is 18.9 Å². The fourth-order valence-corrected chi connectivity index (χ4v) is 1.84. The summed E-state index contributed by atoms with van der Waals surface area (Å²) in [7, 11) is 0. The summed E-state index contributed by atoms with van der Waals surface area (Å²) in [6.45, 7) is -0.279. The molecule has 2 aromatic rings. The van der Waals surface area contributed by atoms with Crippen LogP contribution in [-0.4, -0.2) is 23.1 Å². The average Bonchev–Trinajstić information content (AvgIpc) is 2.53. The van der Waals surface area contributed by atoms with Crippen LogP contribution in [0.25, 0.3) is 0 Å². The number of aromatic hydroxyl groups is 1. The van der Waals surface area contributed by atoms with Crippen molar-refractivity contribution in [1.82, 2.24) is 5.32 Å². The van der Waals surface area contributed by atoms with Crippen LogP contribution >= 0.6 is 0 Å². The molecule has 0 spiro atoms. The average molecular weight is 338 g/mol. The molecule has 0 bridgehead atoms. The van der Waals surface area contributed by atoms with Gasteiger partial charge in [-0.25, -0.2) is 0 Å². The van der Waals surface area contributed by atoms with Gasteiger partial charge in [-0.15, -0.1) is 0 Å². The summed E-state index contributed by atoms with van der Waals surface area (Å²) < 4.78 is 36.2. The molecular formula is C16H13F3N2O3. The van der Waals surface area contributed by atoms with Crippen molar-refractivity contribution in [2.24, 2.45) is 0 Å². The fourth-order valence-electron chi connectivity index (χ4n) is 1.84. The van der Waals surface area contributed by atoms with Crippen molar-refractivity contribution in [2.75, 3.05) is 5.32 Å². The van der Waals surface area contributed by atoms with E-state index in [2.05, 4.69) is 5.32 Å². The van der Waals surface area contributed by atoms with Gasteiger partial charge < -0.3 is 15.7 Å². The molecule has 0 aliphatic carbocycles. The van der Waals surface area contributed by atoms with Gasteiger partial charge in [0.15, 0.2) is 0 Å². The number of alkyl halides is 3. The van der Waals surface area contributed by atoms with Crippen LogP contribution in [0.1, 0.15) is 15.9 Å². The summed E-state index contributed by atoms with van der Waals surface area (Å²) in [5.41, 5.74) is 1.13. The predicted molar refractivity (Wildman–Crippen MR) is 80.4 cm³/mol. The van der Waals surface area contributed by atoms with Gasteiger partial charge in [-0.1, -0.05) is 18.2 Å². The van der Waals surface area contributed by atoms with Gasteiger partial charge in [-0.2, -0.15) is 13.2 Å². The molecule has 0 heterocycles. The SMILES string of the molecule is O=C(Nc1ccc(CNC(=O)C(F)(F)F)cc1)c1cccc(O)c1. The van der Waals surface area contributed by atoms with Crippen molar-refractivity contribution in [3.8, 4) is 5.75 Å². The Morgan fingerprint density at radius 1 is 1.04 bits per heavy atom. The highest BCUT2D eigenvalue weighted by Crippen LogP contribution is 2.16. The lowest BCUT2D eigenvalue weighted by molar-refractivity contribution is -0.173. The molecule has 0 aliphatic rings. The van der Waals surface area contributed by atoms with E-state index in [1.54, 1.807) is 5.32 Å². The Kier molecular flexibility index (Phi) is 5.08. The third-order valence-corrected chi connectivity index (χ3v) is 3.03. The van der Waals surface area contributed by atoms with E-state index in [0.29, 0.717) is 11.3 Å². The highest BCUT2D eigenvalue weighted by molar-refractivity contribution is 6.04. The molecule has 8 heteroatoms. The van der Waals surface area contributed by atoms with Crippen molar-refractivity contribution >= 4 is 17.5 Å². The first-order valence-electron chi connectivity index (χ1n) is 6.80. The number of hydrogen-bond acceptors (Lipinski definition) is 3. The summed E-state index contributed by atoms with van der Waals surface area (Å²) in [5, 5.41) is 13.7. The minimum Gasteiger partial charge on any atom is -0.508 e. The number of amides is 2. The third kappa shape index (κ3) is 4.73. The van der Waals surface area contributed by atoms with E-state index in [-0.39, 0.29) is 17.9 Å². The smallest absolute Gasteiger partial charge is 0.471 e. The maximum absolute atomic E-state index is 12.1. The van der Waals surface area contributed by atoms with Gasteiger partial charge in [0.25, 0.3) is 5.91 Å². The molecule has 3 N–H and O–H groups in total. The number of phenols is 1. The molecule has 24 heavy (non-hydrogen) atoms. The molecule has 0 unspecified atom stereocenters. The van der Waals surface area contributed by atoms with Gasteiger partial charge >= 0.3 is 12.1 Å². The highest BCUT2D eigenvalue weighted by atomic mass is 19.4. The van der Waals surface area contributed by atoms with E-state index >= 15 is 0 Å². The largest absolute Gasteiger partial charge is 0.508 e. The van der Waals surface area contributed by atoms with Crippen LogP contribution < -0.4 is 10.6 Å².